The number of hydrogen-bond donors (Lipinski definition) is 0. The van der Waals surface area contributed by atoms with Crippen LogP contribution in [0.2, 0.25) is 0 Å². The molecule has 2 nitrogen and oxygen atoms in total. The minimum absolute atomic E-state index is 0.949. The molecular formula is C6H8N2S2. The van der Waals surface area contributed by atoms with Crippen LogP contribution in [0.15, 0.2) is 31.1 Å². The first-order chi connectivity index (χ1) is 4.93. The van der Waals surface area contributed by atoms with E-state index in [1.807, 2.05) is 22.4 Å². The van der Waals surface area contributed by atoms with Crippen LogP contribution in [-0.4, -0.2) is 14.9 Å². The van der Waals surface area contributed by atoms with Gasteiger partial charge < -0.3 is 0 Å². The molecule has 0 spiro atoms. The predicted octanol–water partition coefficient (Wildman–Crippen LogP) is 2.21. The van der Waals surface area contributed by atoms with Gasteiger partial charge in [0.25, 0.3) is 0 Å². The lowest BCUT2D eigenvalue weighted by Gasteiger charge is -1.94. The zero-order chi connectivity index (χ0) is 7.23. The van der Waals surface area contributed by atoms with Crippen LogP contribution in [0.5, 0.6) is 0 Å². The third-order valence-electron chi connectivity index (χ3n) is 0.795. The molecule has 0 aliphatic heterocycles. The van der Waals surface area contributed by atoms with Gasteiger partial charge >= 0.3 is 0 Å². The Hall–Kier alpha value is -0.350. The summed E-state index contributed by atoms with van der Waals surface area (Å²) in [5, 5.41) is 4.01. The van der Waals surface area contributed by atoms with E-state index in [4.69, 9.17) is 0 Å². The van der Waals surface area contributed by atoms with Crippen molar-refractivity contribution in [3.63, 3.8) is 0 Å². The molecule has 1 rings (SSSR count). The van der Waals surface area contributed by atoms with E-state index in [1.54, 1.807) is 28.0 Å². The predicted molar refractivity (Wildman–Crippen MR) is 47.9 cm³/mol. The SMILES string of the molecule is C=CCSSn1cccn1. The van der Waals surface area contributed by atoms with Gasteiger partial charge in [0.05, 0.1) is 6.20 Å². The Morgan fingerprint density at radius 2 is 2.60 bits per heavy atom. The summed E-state index contributed by atoms with van der Waals surface area (Å²) in [5.74, 6) is 0.949. The number of hydrogen-bond acceptors (Lipinski definition) is 3. The standard InChI is InChI=1S/C6H8N2S2/c1-2-6-9-10-8-5-3-4-7-8/h2-5H,1,6H2. The minimum atomic E-state index is 0.949. The van der Waals surface area contributed by atoms with Gasteiger partial charge in [0.2, 0.25) is 0 Å². The molecule has 0 saturated heterocycles. The van der Waals surface area contributed by atoms with E-state index < -0.39 is 0 Å². The third kappa shape index (κ3) is 2.49. The first kappa shape index (κ1) is 7.75. The zero-order valence-corrected chi connectivity index (χ0v) is 7.07. The lowest BCUT2D eigenvalue weighted by atomic mass is 10.8. The van der Waals surface area contributed by atoms with Gasteiger partial charge in [0, 0.05) is 22.9 Å². The summed E-state index contributed by atoms with van der Waals surface area (Å²) in [7, 11) is 3.31. The van der Waals surface area contributed by atoms with Gasteiger partial charge in [-0.3, -0.25) is 0 Å². The number of aromatic nitrogens is 2. The number of rotatable bonds is 4. The summed E-state index contributed by atoms with van der Waals surface area (Å²) in [6.07, 6.45) is 5.56. The van der Waals surface area contributed by atoms with Crippen LogP contribution in [0.1, 0.15) is 0 Å². The molecule has 1 aromatic rings. The van der Waals surface area contributed by atoms with E-state index in [-0.39, 0.29) is 0 Å². The molecule has 10 heavy (non-hydrogen) atoms. The minimum Gasteiger partial charge on any atom is -0.203 e. The van der Waals surface area contributed by atoms with E-state index in [1.165, 1.54) is 0 Å². The summed E-state index contributed by atoms with van der Waals surface area (Å²) in [6.45, 7) is 3.62. The average molecular weight is 172 g/mol. The molecule has 0 aliphatic rings. The Morgan fingerprint density at radius 3 is 3.20 bits per heavy atom. The Balaban J connectivity index is 2.21. The van der Waals surface area contributed by atoms with Crippen molar-refractivity contribution in [2.24, 2.45) is 0 Å². The summed E-state index contributed by atoms with van der Waals surface area (Å²) >= 11 is 0. The second-order valence-electron chi connectivity index (χ2n) is 1.56. The fourth-order valence-corrected chi connectivity index (χ4v) is 1.97. The maximum atomic E-state index is 4.01. The quantitative estimate of drug-likeness (QED) is 0.394. The molecule has 4 heteroatoms. The Bertz CT molecular complexity index is 184. The van der Waals surface area contributed by atoms with Crippen molar-refractivity contribution in [1.82, 2.24) is 9.19 Å². The molecule has 0 aliphatic carbocycles. The van der Waals surface area contributed by atoms with Crippen molar-refractivity contribution in [2.75, 3.05) is 5.75 Å². The van der Waals surface area contributed by atoms with Gasteiger partial charge in [-0.05, 0) is 6.07 Å². The van der Waals surface area contributed by atoms with E-state index in [0.29, 0.717) is 0 Å². The van der Waals surface area contributed by atoms with Gasteiger partial charge in [-0.25, -0.2) is 4.09 Å². The fraction of sp³-hybridized carbons (Fsp3) is 0.167. The van der Waals surface area contributed by atoms with Crippen molar-refractivity contribution in [2.45, 2.75) is 0 Å². The number of nitrogens with zero attached hydrogens (tertiary/aromatic N) is 2. The highest BCUT2D eigenvalue weighted by molar-refractivity contribution is 8.76. The summed E-state index contributed by atoms with van der Waals surface area (Å²) in [4.78, 5) is 0. The maximum Gasteiger partial charge on any atom is 0.0500 e. The average Bonchev–Trinajstić information content (AvgIpc) is 2.41. The Labute approximate surface area is 68.2 Å². The summed E-state index contributed by atoms with van der Waals surface area (Å²) in [6, 6.07) is 1.90. The molecule has 0 aromatic carbocycles. The highest BCUT2D eigenvalue weighted by Crippen LogP contribution is 2.21. The molecule has 0 saturated carbocycles. The normalized spacial score (nSPS) is 9.60. The molecule has 0 unspecified atom stereocenters. The van der Waals surface area contributed by atoms with Gasteiger partial charge in [0.15, 0.2) is 0 Å². The van der Waals surface area contributed by atoms with E-state index >= 15 is 0 Å². The Morgan fingerprint density at radius 1 is 1.70 bits per heavy atom. The highest BCUT2D eigenvalue weighted by atomic mass is 33.1. The van der Waals surface area contributed by atoms with Crippen molar-refractivity contribution in [3.8, 4) is 0 Å². The third-order valence-corrected chi connectivity index (χ3v) is 2.82. The molecule has 1 aromatic heterocycles. The zero-order valence-electron chi connectivity index (χ0n) is 5.43. The summed E-state index contributed by atoms with van der Waals surface area (Å²) in [5.41, 5.74) is 0. The van der Waals surface area contributed by atoms with E-state index in [9.17, 15) is 0 Å². The van der Waals surface area contributed by atoms with Gasteiger partial charge in [-0.15, -0.1) is 6.58 Å². The van der Waals surface area contributed by atoms with Crippen LogP contribution in [0, 0.1) is 0 Å². The molecule has 0 fully saturated rings. The maximum absolute atomic E-state index is 4.01. The lowest BCUT2D eigenvalue weighted by molar-refractivity contribution is 1.02. The van der Waals surface area contributed by atoms with Crippen LogP contribution in [-0.2, 0) is 0 Å². The second kappa shape index (κ2) is 4.46. The van der Waals surface area contributed by atoms with Crippen LogP contribution >= 0.6 is 21.8 Å². The topological polar surface area (TPSA) is 17.8 Å². The van der Waals surface area contributed by atoms with Gasteiger partial charge in [-0.2, -0.15) is 5.10 Å². The molecule has 0 amide bonds. The molecule has 0 atom stereocenters. The van der Waals surface area contributed by atoms with Gasteiger partial charge in [-0.1, -0.05) is 16.9 Å². The second-order valence-corrected chi connectivity index (χ2v) is 3.80. The molecule has 0 bridgehead atoms. The van der Waals surface area contributed by atoms with Crippen molar-refractivity contribution >= 4 is 21.8 Å². The summed E-state index contributed by atoms with van der Waals surface area (Å²) < 4.78 is 1.81. The Kier molecular flexibility index (Phi) is 3.46. The van der Waals surface area contributed by atoms with E-state index in [0.717, 1.165) is 5.75 Å². The highest BCUT2D eigenvalue weighted by Gasteiger charge is 1.88. The van der Waals surface area contributed by atoms with Crippen LogP contribution in [0.4, 0.5) is 0 Å². The van der Waals surface area contributed by atoms with Crippen molar-refractivity contribution < 1.29 is 0 Å². The molecule has 54 valence electrons. The fourth-order valence-electron chi connectivity index (χ4n) is 0.431. The monoisotopic (exact) mass is 172 g/mol. The van der Waals surface area contributed by atoms with E-state index in [2.05, 4.69) is 11.7 Å². The largest absolute Gasteiger partial charge is 0.203 e. The van der Waals surface area contributed by atoms with Crippen LogP contribution in [0.3, 0.4) is 0 Å². The first-order valence-corrected chi connectivity index (χ1v) is 5.11. The van der Waals surface area contributed by atoms with Crippen molar-refractivity contribution in [3.05, 3.63) is 31.1 Å². The first-order valence-electron chi connectivity index (χ1n) is 2.84. The van der Waals surface area contributed by atoms with Crippen LogP contribution < -0.4 is 0 Å². The van der Waals surface area contributed by atoms with Crippen molar-refractivity contribution in [1.29, 1.82) is 0 Å². The molecule has 0 radical (unpaired) electrons. The smallest absolute Gasteiger partial charge is 0.0500 e. The molecular weight excluding hydrogens is 164 g/mol. The van der Waals surface area contributed by atoms with Gasteiger partial charge in [0.1, 0.15) is 0 Å². The molecule has 0 N–H and O–H groups in total. The lowest BCUT2D eigenvalue weighted by Crippen LogP contribution is -1.81. The van der Waals surface area contributed by atoms with Crippen LogP contribution in [0.25, 0.3) is 0 Å². The molecule has 1 heterocycles.